The van der Waals surface area contributed by atoms with Crippen molar-refractivity contribution in [3.05, 3.63) is 0 Å². The van der Waals surface area contributed by atoms with Gasteiger partial charge in [-0.15, -0.1) is 0 Å². The average Bonchev–Trinajstić information content (AvgIpc) is 2.74. The summed E-state index contributed by atoms with van der Waals surface area (Å²) in [5.74, 6) is 0.856. The molecule has 2 aliphatic rings. The van der Waals surface area contributed by atoms with E-state index in [1.54, 1.807) is 0 Å². The lowest BCUT2D eigenvalue weighted by molar-refractivity contribution is -0.135. The highest BCUT2D eigenvalue weighted by atomic mass is 32.2. The zero-order valence-corrected chi connectivity index (χ0v) is 12.9. The van der Waals surface area contributed by atoms with Gasteiger partial charge in [0, 0.05) is 38.6 Å². The summed E-state index contributed by atoms with van der Waals surface area (Å²) in [7, 11) is -3.10. The Labute approximate surface area is 121 Å². The predicted molar refractivity (Wildman–Crippen MR) is 77.5 cm³/mol. The lowest BCUT2D eigenvalue weighted by Crippen LogP contribution is -2.49. The van der Waals surface area contributed by atoms with Crippen LogP contribution in [-0.4, -0.2) is 61.5 Å². The molecule has 2 aliphatic heterocycles. The summed E-state index contributed by atoms with van der Waals surface area (Å²) in [4.78, 5) is 14.1. The molecule has 20 heavy (non-hydrogen) atoms. The number of amides is 1. The van der Waals surface area contributed by atoms with Crippen molar-refractivity contribution in [2.45, 2.75) is 38.6 Å². The van der Waals surface area contributed by atoms with E-state index in [-0.39, 0.29) is 24.1 Å². The molecule has 2 fully saturated rings. The third-order valence-corrected chi connectivity index (χ3v) is 6.31. The molecule has 0 aromatic rings. The van der Waals surface area contributed by atoms with Crippen molar-refractivity contribution in [3.63, 3.8) is 0 Å². The maximum absolute atomic E-state index is 12.3. The van der Waals surface area contributed by atoms with E-state index < -0.39 is 10.0 Å². The molecule has 0 aromatic heterocycles. The number of hydrogen-bond acceptors (Lipinski definition) is 4. The maximum Gasteiger partial charge on any atom is 0.224 e. The van der Waals surface area contributed by atoms with Gasteiger partial charge < -0.3 is 10.6 Å². The molecule has 0 spiro atoms. The molecule has 7 heteroatoms. The van der Waals surface area contributed by atoms with Crippen LogP contribution in [0.2, 0.25) is 0 Å². The van der Waals surface area contributed by atoms with Crippen LogP contribution < -0.4 is 5.73 Å². The van der Waals surface area contributed by atoms with Crippen molar-refractivity contribution in [3.8, 4) is 0 Å². The predicted octanol–water partition coefficient (Wildman–Crippen LogP) is -0.00220. The summed E-state index contributed by atoms with van der Waals surface area (Å²) in [6, 6.07) is 0.112. The van der Waals surface area contributed by atoms with E-state index in [0.29, 0.717) is 32.0 Å². The summed E-state index contributed by atoms with van der Waals surface area (Å²) in [5.41, 5.74) is 5.75. The van der Waals surface area contributed by atoms with Gasteiger partial charge in [-0.1, -0.05) is 6.92 Å². The van der Waals surface area contributed by atoms with Crippen molar-refractivity contribution < 1.29 is 13.2 Å². The van der Waals surface area contributed by atoms with Gasteiger partial charge in [-0.05, 0) is 25.2 Å². The minimum atomic E-state index is -3.10. The fourth-order valence-electron chi connectivity index (χ4n) is 3.11. The number of carbonyl (C=O) groups excluding carboxylic acids is 1. The molecule has 2 rings (SSSR count). The standard InChI is InChI=1S/C13H25N3O3S/c1-11-3-7-16(12(9-11)10-14)13(17)4-6-15-5-2-8-20(15,18)19/h11-12H,2-10,14H2,1H3. The summed E-state index contributed by atoms with van der Waals surface area (Å²) in [5, 5.41) is 0. The van der Waals surface area contributed by atoms with Crippen LogP contribution in [0, 0.1) is 5.92 Å². The first kappa shape index (κ1) is 15.7. The fourth-order valence-corrected chi connectivity index (χ4v) is 4.64. The number of likely N-dealkylation sites (tertiary alicyclic amines) is 1. The zero-order chi connectivity index (χ0) is 14.8. The SMILES string of the molecule is CC1CCN(C(=O)CCN2CCCS2(=O)=O)C(CN)C1. The second-order valence-electron chi connectivity index (χ2n) is 5.92. The first-order chi connectivity index (χ1) is 9.44. The Morgan fingerprint density at radius 2 is 2.10 bits per heavy atom. The third kappa shape index (κ3) is 3.51. The van der Waals surface area contributed by atoms with Crippen molar-refractivity contribution in [2.24, 2.45) is 11.7 Å². The summed E-state index contributed by atoms with van der Waals surface area (Å²) >= 11 is 0. The molecule has 0 aliphatic carbocycles. The molecular formula is C13H25N3O3S. The first-order valence-corrected chi connectivity index (χ1v) is 9.02. The Kier molecular flexibility index (Phi) is 5.04. The summed E-state index contributed by atoms with van der Waals surface area (Å²) in [6.07, 6.45) is 2.89. The molecule has 0 aromatic carbocycles. The summed E-state index contributed by atoms with van der Waals surface area (Å²) in [6.45, 7) is 4.27. The quantitative estimate of drug-likeness (QED) is 0.792. The molecule has 2 unspecified atom stereocenters. The minimum absolute atomic E-state index is 0.0365. The van der Waals surface area contributed by atoms with Crippen molar-refractivity contribution in [1.82, 2.24) is 9.21 Å². The monoisotopic (exact) mass is 303 g/mol. The normalized spacial score (nSPS) is 30.6. The van der Waals surface area contributed by atoms with E-state index in [1.165, 1.54) is 4.31 Å². The van der Waals surface area contributed by atoms with E-state index in [0.717, 1.165) is 19.4 Å². The number of nitrogens with two attached hydrogens (primary N) is 1. The second kappa shape index (κ2) is 6.41. The molecule has 0 radical (unpaired) electrons. The highest BCUT2D eigenvalue weighted by molar-refractivity contribution is 7.89. The molecule has 1 amide bonds. The molecule has 0 saturated carbocycles. The van der Waals surface area contributed by atoms with Crippen LogP contribution >= 0.6 is 0 Å². The largest absolute Gasteiger partial charge is 0.338 e. The highest BCUT2D eigenvalue weighted by Gasteiger charge is 2.31. The van der Waals surface area contributed by atoms with Gasteiger partial charge in [0.15, 0.2) is 0 Å². The Bertz CT molecular complexity index is 452. The highest BCUT2D eigenvalue weighted by Crippen LogP contribution is 2.23. The molecular weight excluding hydrogens is 278 g/mol. The van der Waals surface area contributed by atoms with Gasteiger partial charge in [-0.3, -0.25) is 4.79 Å². The second-order valence-corrected chi connectivity index (χ2v) is 8.01. The molecule has 2 heterocycles. The number of rotatable bonds is 4. The van der Waals surface area contributed by atoms with Gasteiger partial charge >= 0.3 is 0 Å². The lowest BCUT2D eigenvalue weighted by Gasteiger charge is -2.38. The minimum Gasteiger partial charge on any atom is -0.338 e. The van der Waals surface area contributed by atoms with Crippen molar-refractivity contribution in [1.29, 1.82) is 0 Å². The van der Waals surface area contributed by atoms with E-state index in [4.69, 9.17) is 5.73 Å². The number of piperidine rings is 1. The molecule has 0 bridgehead atoms. The van der Waals surface area contributed by atoms with Crippen LogP contribution in [0.15, 0.2) is 0 Å². The van der Waals surface area contributed by atoms with Crippen LogP contribution in [0.4, 0.5) is 0 Å². The van der Waals surface area contributed by atoms with Crippen molar-refractivity contribution >= 4 is 15.9 Å². The number of sulfonamides is 1. The third-order valence-electron chi connectivity index (χ3n) is 4.35. The average molecular weight is 303 g/mol. The van der Waals surface area contributed by atoms with E-state index >= 15 is 0 Å². The Morgan fingerprint density at radius 3 is 2.70 bits per heavy atom. The number of hydrogen-bond donors (Lipinski definition) is 1. The zero-order valence-electron chi connectivity index (χ0n) is 12.1. The molecule has 116 valence electrons. The van der Waals surface area contributed by atoms with E-state index in [9.17, 15) is 13.2 Å². The van der Waals surface area contributed by atoms with Gasteiger partial charge in [-0.2, -0.15) is 0 Å². The number of nitrogens with zero attached hydrogens (tertiary/aromatic N) is 2. The van der Waals surface area contributed by atoms with Gasteiger partial charge in [0.05, 0.1) is 5.75 Å². The topological polar surface area (TPSA) is 83.7 Å². The van der Waals surface area contributed by atoms with Gasteiger partial charge in [0.25, 0.3) is 0 Å². The van der Waals surface area contributed by atoms with E-state index in [2.05, 4.69) is 6.92 Å². The molecule has 2 atom stereocenters. The Hall–Kier alpha value is -0.660. The van der Waals surface area contributed by atoms with Crippen LogP contribution in [-0.2, 0) is 14.8 Å². The number of carbonyl (C=O) groups is 1. The maximum atomic E-state index is 12.3. The van der Waals surface area contributed by atoms with Gasteiger partial charge in [-0.25, -0.2) is 12.7 Å². The smallest absolute Gasteiger partial charge is 0.224 e. The van der Waals surface area contributed by atoms with Crippen LogP contribution in [0.1, 0.15) is 32.6 Å². The Morgan fingerprint density at radius 1 is 1.35 bits per heavy atom. The van der Waals surface area contributed by atoms with Crippen molar-refractivity contribution in [2.75, 3.05) is 31.9 Å². The van der Waals surface area contributed by atoms with Gasteiger partial charge in [0.2, 0.25) is 15.9 Å². The summed E-state index contributed by atoms with van der Waals surface area (Å²) < 4.78 is 24.8. The van der Waals surface area contributed by atoms with Gasteiger partial charge in [0.1, 0.15) is 0 Å². The van der Waals surface area contributed by atoms with Crippen LogP contribution in [0.3, 0.4) is 0 Å². The molecule has 2 saturated heterocycles. The molecule has 2 N–H and O–H groups in total. The Balaban J connectivity index is 1.88. The lowest BCUT2D eigenvalue weighted by atomic mass is 9.92. The van der Waals surface area contributed by atoms with Crippen LogP contribution in [0.5, 0.6) is 0 Å². The van der Waals surface area contributed by atoms with Crippen LogP contribution in [0.25, 0.3) is 0 Å². The van der Waals surface area contributed by atoms with E-state index in [1.807, 2.05) is 4.90 Å². The molecule has 6 nitrogen and oxygen atoms in total. The first-order valence-electron chi connectivity index (χ1n) is 7.41. The fraction of sp³-hybridized carbons (Fsp3) is 0.923.